The lowest BCUT2D eigenvalue weighted by Gasteiger charge is -2.05. The van der Waals surface area contributed by atoms with Gasteiger partial charge in [-0.25, -0.2) is 4.79 Å². The van der Waals surface area contributed by atoms with Crippen LogP contribution in [0.15, 0.2) is 30.6 Å². The van der Waals surface area contributed by atoms with Crippen LogP contribution in [-0.2, 0) is 4.74 Å². The van der Waals surface area contributed by atoms with Crippen molar-refractivity contribution < 1.29 is 14.6 Å². The predicted octanol–water partition coefficient (Wildman–Crippen LogP) is 2.12. The second kappa shape index (κ2) is 4.18. The highest BCUT2D eigenvalue weighted by Gasteiger charge is 2.10. The Morgan fingerprint density at radius 1 is 1.50 bits per heavy atom. The Bertz CT molecular complexity index is 537. The van der Waals surface area contributed by atoms with E-state index in [4.69, 9.17) is 4.74 Å². The summed E-state index contributed by atoms with van der Waals surface area (Å²) in [7, 11) is 0. The molecule has 0 radical (unpaired) electrons. The first-order valence-corrected chi connectivity index (χ1v) is 4.96. The van der Waals surface area contributed by atoms with Gasteiger partial charge in [-0.2, -0.15) is 0 Å². The minimum absolute atomic E-state index is 0.0358. The molecule has 1 N–H and O–H groups in total. The van der Waals surface area contributed by atoms with Gasteiger partial charge in [-0.1, -0.05) is 0 Å². The summed E-state index contributed by atoms with van der Waals surface area (Å²) >= 11 is 0. The highest BCUT2D eigenvalue weighted by atomic mass is 16.5. The van der Waals surface area contributed by atoms with Crippen molar-refractivity contribution in [1.29, 1.82) is 0 Å². The maximum Gasteiger partial charge on any atom is 0.338 e. The number of rotatable bonds is 2. The van der Waals surface area contributed by atoms with E-state index >= 15 is 0 Å². The number of aromatic hydroxyl groups is 1. The molecule has 0 saturated heterocycles. The Kier molecular flexibility index (Phi) is 2.72. The second-order valence-corrected chi connectivity index (χ2v) is 3.31. The number of phenols is 1. The fourth-order valence-electron chi connectivity index (χ4n) is 1.51. The van der Waals surface area contributed by atoms with Gasteiger partial charge in [0.15, 0.2) is 0 Å². The van der Waals surface area contributed by atoms with Gasteiger partial charge in [-0.15, -0.1) is 0 Å². The third-order valence-corrected chi connectivity index (χ3v) is 2.25. The number of phenolic OH excluding ortho intramolecular Hbond substituents is 1. The highest BCUT2D eigenvalue weighted by Crippen LogP contribution is 2.25. The van der Waals surface area contributed by atoms with Gasteiger partial charge in [-0.05, 0) is 30.5 Å². The minimum Gasteiger partial charge on any atom is -0.507 e. The number of benzene rings is 1. The molecular weight excluding hydrogens is 206 g/mol. The van der Waals surface area contributed by atoms with Gasteiger partial charge in [0.05, 0.1) is 12.2 Å². The summed E-state index contributed by atoms with van der Waals surface area (Å²) in [6.07, 6.45) is 3.16. The summed E-state index contributed by atoms with van der Waals surface area (Å²) in [6, 6.07) is 4.80. The van der Waals surface area contributed by atoms with Crippen molar-refractivity contribution in [2.45, 2.75) is 6.92 Å². The third-order valence-electron chi connectivity index (χ3n) is 2.25. The molecule has 0 spiro atoms. The number of esters is 1. The average molecular weight is 217 g/mol. The number of hydrogen-bond acceptors (Lipinski definition) is 4. The molecule has 0 aliphatic heterocycles. The van der Waals surface area contributed by atoms with Gasteiger partial charge in [0.1, 0.15) is 5.75 Å². The molecule has 82 valence electrons. The van der Waals surface area contributed by atoms with Crippen molar-refractivity contribution in [3.05, 3.63) is 36.2 Å². The van der Waals surface area contributed by atoms with E-state index in [1.54, 1.807) is 31.5 Å². The Morgan fingerprint density at radius 3 is 3.06 bits per heavy atom. The molecule has 2 rings (SSSR count). The van der Waals surface area contributed by atoms with Crippen LogP contribution in [0.25, 0.3) is 10.8 Å². The lowest BCUT2D eigenvalue weighted by molar-refractivity contribution is 0.0526. The molecule has 4 heteroatoms. The highest BCUT2D eigenvalue weighted by molar-refractivity contribution is 5.97. The molecule has 0 saturated carbocycles. The van der Waals surface area contributed by atoms with Crippen LogP contribution in [0.3, 0.4) is 0 Å². The van der Waals surface area contributed by atoms with Crippen LogP contribution in [0.2, 0.25) is 0 Å². The second-order valence-electron chi connectivity index (χ2n) is 3.31. The topological polar surface area (TPSA) is 59.4 Å². The Labute approximate surface area is 92.5 Å². The fraction of sp³-hybridized carbons (Fsp3) is 0.167. The minimum atomic E-state index is -0.434. The van der Waals surface area contributed by atoms with E-state index in [1.165, 1.54) is 6.07 Å². The summed E-state index contributed by atoms with van der Waals surface area (Å²) in [4.78, 5) is 15.4. The van der Waals surface area contributed by atoms with E-state index < -0.39 is 5.97 Å². The lowest BCUT2D eigenvalue weighted by Crippen LogP contribution is -2.04. The number of aromatic nitrogens is 1. The summed E-state index contributed by atoms with van der Waals surface area (Å²) in [5.74, 6) is -0.398. The van der Waals surface area contributed by atoms with Crippen molar-refractivity contribution in [3.63, 3.8) is 0 Å². The summed E-state index contributed by atoms with van der Waals surface area (Å²) in [5.41, 5.74) is 0.345. The first-order chi connectivity index (χ1) is 7.72. The lowest BCUT2D eigenvalue weighted by atomic mass is 10.1. The Hall–Kier alpha value is -2.10. The predicted molar refractivity (Wildman–Crippen MR) is 59.4 cm³/mol. The zero-order chi connectivity index (χ0) is 11.5. The van der Waals surface area contributed by atoms with Crippen LogP contribution >= 0.6 is 0 Å². The van der Waals surface area contributed by atoms with Gasteiger partial charge in [0, 0.05) is 17.8 Å². The number of carbonyl (C=O) groups is 1. The smallest absolute Gasteiger partial charge is 0.338 e. The van der Waals surface area contributed by atoms with Gasteiger partial charge in [0.25, 0.3) is 0 Å². The van der Waals surface area contributed by atoms with Crippen molar-refractivity contribution in [2.24, 2.45) is 0 Å². The van der Waals surface area contributed by atoms with Gasteiger partial charge in [0.2, 0.25) is 0 Å². The SMILES string of the molecule is CCOC(=O)c1cc(O)c2cnccc2c1. The quantitative estimate of drug-likeness (QED) is 0.783. The molecule has 0 fully saturated rings. The van der Waals surface area contributed by atoms with Crippen molar-refractivity contribution in [3.8, 4) is 5.75 Å². The average Bonchev–Trinajstić information content (AvgIpc) is 2.29. The van der Waals surface area contributed by atoms with Crippen LogP contribution < -0.4 is 0 Å². The molecule has 0 aliphatic carbocycles. The van der Waals surface area contributed by atoms with Crippen molar-refractivity contribution in [2.75, 3.05) is 6.61 Å². The zero-order valence-electron chi connectivity index (χ0n) is 8.80. The zero-order valence-corrected chi connectivity index (χ0v) is 8.80. The molecule has 2 aromatic rings. The summed E-state index contributed by atoms with van der Waals surface area (Å²) in [6.45, 7) is 2.05. The largest absolute Gasteiger partial charge is 0.507 e. The van der Waals surface area contributed by atoms with Gasteiger partial charge >= 0.3 is 5.97 Å². The normalized spacial score (nSPS) is 10.3. The van der Waals surface area contributed by atoms with Crippen molar-refractivity contribution in [1.82, 2.24) is 4.98 Å². The molecule has 0 atom stereocenters. The standard InChI is InChI=1S/C12H11NO3/c1-2-16-12(15)9-5-8-3-4-13-7-10(8)11(14)6-9/h3-7,14H,2H2,1H3. The van der Waals surface area contributed by atoms with E-state index in [0.29, 0.717) is 17.6 Å². The molecule has 0 aliphatic rings. The van der Waals surface area contributed by atoms with Crippen LogP contribution in [0.1, 0.15) is 17.3 Å². The molecule has 4 nitrogen and oxygen atoms in total. The van der Waals surface area contributed by atoms with Gasteiger partial charge < -0.3 is 9.84 Å². The fourth-order valence-corrected chi connectivity index (χ4v) is 1.51. The molecule has 1 aromatic heterocycles. The summed E-state index contributed by atoms with van der Waals surface area (Å²) in [5, 5.41) is 11.1. The Morgan fingerprint density at radius 2 is 2.31 bits per heavy atom. The molecular formula is C12H11NO3. The molecule has 0 amide bonds. The number of ether oxygens (including phenoxy) is 1. The number of pyridine rings is 1. The molecule has 1 aromatic carbocycles. The number of nitrogens with zero attached hydrogens (tertiary/aromatic N) is 1. The maximum absolute atomic E-state index is 11.5. The van der Waals surface area contributed by atoms with Crippen LogP contribution in [0.5, 0.6) is 5.75 Å². The number of carbonyl (C=O) groups excluding carboxylic acids is 1. The van der Waals surface area contributed by atoms with Crippen LogP contribution in [0.4, 0.5) is 0 Å². The third kappa shape index (κ3) is 1.82. The maximum atomic E-state index is 11.5. The number of fused-ring (bicyclic) bond motifs is 1. The van der Waals surface area contributed by atoms with E-state index in [2.05, 4.69) is 4.98 Å². The van der Waals surface area contributed by atoms with E-state index in [0.717, 1.165) is 5.39 Å². The monoisotopic (exact) mass is 217 g/mol. The molecule has 0 unspecified atom stereocenters. The van der Waals surface area contributed by atoms with Crippen molar-refractivity contribution >= 4 is 16.7 Å². The summed E-state index contributed by atoms with van der Waals surface area (Å²) < 4.78 is 4.87. The van der Waals surface area contributed by atoms with E-state index in [9.17, 15) is 9.90 Å². The molecule has 0 bridgehead atoms. The van der Waals surface area contributed by atoms with E-state index in [-0.39, 0.29) is 5.75 Å². The number of hydrogen-bond donors (Lipinski definition) is 1. The molecule has 16 heavy (non-hydrogen) atoms. The Balaban J connectivity index is 2.53. The van der Waals surface area contributed by atoms with Crippen LogP contribution in [0, 0.1) is 0 Å². The molecule has 1 heterocycles. The first-order valence-electron chi connectivity index (χ1n) is 4.96. The first kappa shape index (κ1) is 10.4. The van der Waals surface area contributed by atoms with E-state index in [1.807, 2.05) is 0 Å². The van der Waals surface area contributed by atoms with Gasteiger partial charge in [-0.3, -0.25) is 4.98 Å². The van der Waals surface area contributed by atoms with Crippen LogP contribution in [-0.4, -0.2) is 22.7 Å².